The van der Waals surface area contributed by atoms with Crippen molar-refractivity contribution in [2.45, 2.75) is 13.0 Å². The molecule has 0 heterocycles. The predicted octanol–water partition coefficient (Wildman–Crippen LogP) is 0.816. The minimum absolute atomic E-state index is 0.106. The summed E-state index contributed by atoms with van der Waals surface area (Å²) >= 11 is 0. The van der Waals surface area contributed by atoms with Crippen LogP contribution in [0.15, 0.2) is 18.2 Å². The van der Waals surface area contributed by atoms with E-state index in [9.17, 15) is 18.4 Å². The molecule has 0 aliphatic heterocycles. The van der Waals surface area contributed by atoms with E-state index in [1.165, 1.54) is 13.0 Å². The standard InChI is InChI=1S/C12H14F2N2O3/c1-7(17)15-4-5-16-11(12(18)19)8-2-3-9(13)10(14)6-8/h2-3,6,11,16H,4-5H2,1H3,(H,15,17)(H,18,19). The topological polar surface area (TPSA) is 78.4 Å². The SMILES string of the molecule is CC(=O)NCCNC(C(=O)O)c1ccc(F)c(F)c1. The van der Waals surface area contributed by atoms with Crippen LogP contribution in [-0.2, 0) is 9.59 Å². The number of carboxylic acid groups (broad SMARTS) is 1. The first kappa shape index (κ1) is 15.0. The fourth-order valence-corrected chi connectivity index (χ4v) is 1.49. The maximum Gasteiger partial charge on any atom is 0.325 e. The van der Waals surface area contributed by atoms with Crippen molar-refractivity contribution < 1.29 is 23.5 Å². The Morgan fingerprint density at radius 2 is 1.95 bits per heavy atom. The molecule has 7 heteroatoms. The molecule has 3 N–H and O–H groups in total. The minimum Gasteiger partial charge on any atom is -0.480 e. The number of carbonyl (C=O) groups excluding carboxylic acids is 1. The molecule has 0 saturated carbocycles. The van der Waals surface area contributed by atoms with Gasteiger partial charge in [0.15, 0.2) is 11.6 Å². The summed E-state index contributed by atoms with van der Waals surface area (Å²) in [5.41, 5.74) is 0.106. The molecule has 1 aromatic carbocycles. The molecule has 1 amide bonds. The second kappa shape index (κ2) is 6.79. The Morgan fingerprint density at radius 3 is 2.47 bits per heavy atom. The van der Waals surface area contributed by atoms with Crippen LogP contribution >= 0.6 is 0 Å². The Hall–Kier alpha value is -2.02. The van der Waals surface area contributed by atoms with Crippen molar-refractivity contribution in [3.05, 3.63) is 35.4 Å². The predicted molar refractivity (Wildman–Crippen MR) is 63.4 cm³/mol. The lowest BCUT2D eigenvalue weighted by atomic mass is 10.1. The van der Waals surface area contributed by atoms with Crippen LogP contribution in [0.3, 0.4) is 0 Å². The largest absolute Gasteiger partial charge is 0.480 e. The zero-order valence-corrected chi connectivity index (χ0v) is 10.2. The van der Waals surface area contributed by atoms with E-state index in [0.29, 0.717) is 0 Å². The molecule has 0 saturated heterocycles. The second-order valence-corrected chi connectivity index (χ2v) is 3.88. The van der Waals surface area contributed by atoms with Crippen LogP contribution in [0.1, 0.15) is 18.5 Å². The molecule has 0 fully saturated rings. The van der Waals surface area contributed by atoms with Gasteiger partial charge in [-0.25, -0.2) is 8.78 Å². The maximum atomic E-state index is 13.0. The molecule has 0 spiro atoms. The van der Waals surface area contributed by atoms with Gasteiger partial charge in [-0.2, -0.15) is 0 Å². The molecule has 5 nitrogen and oxygen atoms in total. The number of hydrogen-bond acceptors (Lipinski definition) is 3. The quantitative estimate of drug-likeness (QED) is 0.670. The van der Waals surface area contributed by atoms with Crippen molar-refractivity contribution in [2.24, 2.45) is 0 Å². The number of carboxylic acids is 1. The molecule has 1 unspecified atom stereocenters. The van der Waals surface area contributed by atoms with Crippen LogP contribution in [0.2, 0.25) is 0 Å². The molecule has 104 valence electrons. The summed E-state index contributed by atoms with van der Waals surface area (Å²) in [6.45, 7) is 1.77. The lowest BCUT2D eigenvalue weighted by Crippen LogP contribution is -2.35. The van der Waals surface area contributed by atoms with E-state index in [1.54, 1.807) is 0 Å². The fraction of sp³-hybridized carbons (Fsp3) is 0.333. The van der Waals surface area contributed by atoms with Crippen molar-refractivity contribution in [1.82, 2.24) is 10.6 Å². The molecule has 0 aliphatic carbocycles. The van der Waals surface area contributed by atoms with Crippen LogP contribution < -0.4 is 10.6 Å². The molecule has 0 radical (unpaired) electrons. The highest BCUT2D eigenvalue weighted by Gasteiger charge is 2.20. The summed E-state index contributed by atoms with van der Waals surface area (Å²) < 4.78 is 25.8. The minimum atomic E-state index is -1.21. The van der Waals surface area contributed by atoms with Crippen LogP contribution in [0.4, 0.5) is 8.78 Å². The summed E-state index contributed by atoms with van der Waals surface area (Å²) in [5.74, 6) is -3.59. The molecule has 0 bridgehead atoms. The van der Waals surface area contributed by atoms with Crippen LogP contribution in [0.5, 0.6) is 0 Å². The number of nitrogens with one attached hydrogen (secondary N) is 2. The lowest BCUT2D eigenvalue weighted by Gasteiger charge is -2.15. The van der Waals surface area contributed by atoms with Crippen LogP contribution in [0, 0.1) is 11.6 Å². The molecular weight excluding hydrogens is 258 g/mol. The van der Waals surface area contributed by atoms with E-state index in [1.807, 2.05) is 0 Å². The molecule has 1 aromatic rings. The molecule has 0 aromatic heterocycles. The van der Waals surface area contributed by atoms with Crippen LogP contribution in [-0.4, -0.2) is 30.1 Å². The highest BCUT2D eigenvalue weighted by Crippen LogP contribution is 2.16. The number of rotatable bonds is 6. The van der Waals surface area contributed by atoms with Crippen molar-refractivity contribution in [3.8, 4) is 0 Å². The number of halogens is 2. The molecule has 1 rings (SSSR count). The van der Waals surface area contributed by atoms with E-state index < -0.39 is 23.6 Å². The summed E-state index contributed by atoms with van der Waals surface area (Å²) in [4.78, 5) is 21.7. The molecular formula is C12H14F2N2O3. The van der Waals surface area contributed by atoms with E-state index in [2.05, 4.69) is 10.6 Å². The number of amides is 1. The smallest absolute Gasteiger partial charge is 0.325 e. The maximum absolute atomic E-state index is 13.0. The van der Waals surface area contributed by atoms with Crippen molar-refractivity contribution in [1.29, 1.82) is 0 Å². The first-order valence-electron chi connectivity index (χ1n) is 5.57. The Balaban J connectivity index is 2.69. The number of aliphatic carboxylic acids is 1. The van der Waals surface area contributed by atoms with E-state index in [0.717, 1.165) is 12.1 Å². The van der Waals surface area contributed by atoms with Gasteiger partial charge in [-0.1, -0.05) is 6.07 Å². The van der Waals surface area contributed by atoms with Gasteiger partial charge in [0, 0.05) is 20.0 Å². The van der Waals surface area contributed by atoms with E-state index >= 15 is 0 Å². The third-order valence-corrected chi connectivity index (χ3v) is 2.37. The normalized spacial score (nSPS) is 11.9. The molecule has 1 atom stereocenters. The average Bonchev–Trinajstić information content (AvgIpc) is 2.32. The fourth-order valence-electron chi connectivity index (χ4n) is 1.49. The van der Waals surface area contributed by atoms with Gasteiger partial charge in [0.05, 0.1) is 0 Å². The number of carbonyl (C=O) groups is 2. The van der Waals surface area contributed by atoms with Gasteiger partial charge in [-0.15, -0.1) is 0 Å². The van der Waals surface area contributed by atoms with Gasteiger partial charge in [-0.05, 0) is 17.7 Å². The molecule has 19 heavy (non-hydrogen) atoms. The summed E-state index contributed by atoms with van der Waals surface area (Å²) in [7, 11) is 0. The Labute approximate surface area is 108 Å². The van der Waals surface area contributed by atoms with Gasteiger partial charge in [0.1, 0.15) is 6.04 Å². The van der Waals surface area contributed by atoms with E-state index in [4.69, 9.17) is 5.11 Å². The van der Waals surface area contributed by atoms with Gasteiger partial charge >= 0.3 is 5.97 Å². The first-order chi connectivity index (χ1) is 8.91. The van der Waals surface area contributed by atoms with Gasteiger partial charge in [-0.3, -0.25) is 14.9 Å². The van der Waals surface area contributed by atoms with E-state index in [-0.39, 0.29) is 24.6 Å². The summed E-state index contributed by atoms with van der Waals surface area (Å²) in [6, 6.07) is 1.74. The van der Waals surface area contributed by atoms with Gasteiger partial charge in [0.2, 0.25) is 5.91 Å². The Kier molecular flexibility index (Phi) is 5.37. The zero-order chi connectivity index (χ0) is 14.4. The number of hydrogen-bond donors (Lipinski definition) is 3. The monoisotopic (exact) mass is 272 g/mol. The van der Waals surface area contributed by atoms with Crippen molar-refractivity contribution in [2.75, 3.05) is 13.1 Å². The Morgan fingerprint density at radius 1 is 1.26 bits per heavy atom. The molecule has 0 aliphatic rings. The summed E-state index contributed by atoms with van der Waals surface area (Å²) in [6.07, 6.45) is 0. The second-order valence-electron chi connectivity index (χ2n) is 3.88. The van der Waals surface area contributed by atoms with Crippen LogP contribution in [0.25, 0.3) is 0 Å². The van der Waals surface area contributed by atoms with Crippen molar-refractivity contribution in [3.63, 3.8) is 0 Å². The van der Waals surface area contributed by atoms with Gasteiger partial charge in [0.25, 0.3) is 0 Å². The highest BCUT2D eigenvalue weighted by atomic mass is 19.2. The summed E-state index contributed by atoms with van der Waals surface area (Å²) in [5, 5.41) is 14.1. The van der Waals surface area contributed by atoms with Gasteiger partial charge < -0.3 is 10.4 Å². The first-order valence-corrected chi connectivity index (χ1v) is 5.57. The third kappa shape index (κ3) is 4.63. The lowest BCUT2D eigenvalue weighted by molar-refractivity contribution is -0.139. The third-order valence-electron chi connectivity index (χ3n) is 2.37. The number of benzene rings is 1. The Bertz CT molecular complexity index is 480. The highest BCUT2D eigenvalue weighted by molar-refractivity contribution is 5.75. The average molecular weight is 272 g/mol. The zero-order valence-electron chi connectivity index (χ0n) is 10.2. The van der Waals surface area contributed by atoms with Crippen molar-refractivity contribution >= 4 is 11.9 Å².